The van der Waals surface area contributed by atoms with Gasteiger partial charge >= 0.3 is 0 Å². The van der Waals surface area contributed by atoms with E-state index in [0.717, 1.165) is 22.6 Å². The Morgan fingerprint density at radius 1 is 1.19 bits per heavy atom. The van der Waals surface area contributed by atoms with Crippen LogP contribution in [0.4, 0.5) is 0 Å². The van der Waals surface area contributed by atoms with Crippen molar-refractivity contribution in [3.8, 4) is 0 Å². The maximum atomic E-state index is 13.2. The van der Waals surface area contributed by atoms with Crippen LogP contribution in [-0.2, 0) is 10.0 Å². The Morgan fingerprint density at radius 3 is 2.62 bits per heavy atom. The maximum absolute atomic E-state index is 13.2. The summed E-state index contributed by atoms with van der Waals surface area (Å²) < 4.78 is 28.3. The van der Waals surface area contributed by atoms with Gasteiger partial charge in [-0.1, -0.05) is 23.7 Å². The van der Waals surface area contributed by atoms with Gasteiger partial charge in [0.2, 0.25) is 0 Å². The first kappa shape index (κ1) is 19.8. The summed E-state index contributed by atoms with van der Waals surface area (Å²) in [5.74, 6) is 0.855. The number of hydrogen-bond acceptors (Lipinski definition) is 4. The average Bonchev–Trinajstić information content (AvgIpc) is 2.93. The molecule has 8 heteroatoms. The highest BCUT2D eigenvalue weighted by molar-refractivity contribution is 9.10. The lowest BCUT2D eigenvalue weighted by Gasteiger charge is -2.09. The van der Waals surface area contributed by atoms with Crippen LogP contribution in [0.5, 0.6) is 0 Å². The Labute approximate surface area is 171 Å². The summed E-state index contributed by atoms with van der Waals surface area (Å²) in [6.45, 7) is 0.898. The van der Waals surface area contributed by atoms with Crippen molar-refractivity contribution >= 4 is 60.2 Å². The second-order valence-corrected chi connectivity index (χ2v) is 10.2. The van der Waals surface area contributed by atoms with Crippen LogP contribution in [0.15, 0.2) is 62.9 Å². The molecule has 0 saturated carbocycles. The second kappa shape index (κ2) is 7.94. The molecule has 0 aliphatic carbocycles. The van der Waals surface area contributed by atoms with Crippen LogP contribution in [0, 0.1) is 0 Å². The van der Waals surface area contributed by atoms with E-state index in [9.17, 15) is 8.42 Å². The Hall–Kier alpha value is -0.990. The van der Waals surface area contributed by atoms with Crippen molar-refractivity contribution in [1.82, 2.24) is 8.87 Å². The molecule has 0 unspecified atom stereocenters. The van der Waals surface area contributed by atoms with Gasteiger partial charge in [0.05, 0.1) is 5.52 Å². The molecule has 0 fully saturated rings. The van der Waals surface area contributed by atoms with Crippen molar-refractivity contribution < 1.29 is 8.42 Å². The lowest BCUT2D eigenvalue weighted by atomic mass is 10.2. The zero-order valence-corrected chi connectivity index (χ0v) is 18.3. The molecule has 3 aromatic rings. The highest BCUT2D eigenvalue weighted by atomic mass is 79.9. The SMILES string of the molecule is CN(C)CCSc1cn(S(=O)(=O)c2ccccc2Br)c2ccc(Cl)cc12. The van der Waals surface area contributed by atoms with Crippen molar-refractivity contribution in [2.45, 2.75) is 9.79 Å². The van der Waals surface area contributed by atoms with Gasteiger partial charge in [-0.15, -0.1) is 11.8 Å². The first-order chi connectivity index (χ1) is 12.3. The molecule has 4 nitrogen and oxygen atoms in total. The molecular weight excluding hydrogens is 456 g/mol. The molecule has 2 aromatic carbocycles. The second-order valence-electron chi connectivity index (χ2n) is 6.04. The minimum Gasteiger partial charge on any atom is -0.309 e. The van der Waals surface area contributed by atoms with Crippen LogP contribution < -0.4 is 0 Å². The van der Waals surface area contributed by atoms with E-state index >= 15 is 0 Å². The average molecular weight is 474 g/mol. The molecule has 1 heterocycles. The van der Waals surface area contributed by atoms with Gasteiger partial charge in [-0.3, -0.25) is 0 Å². The molecule has 26 heavy (non-hydrogen) atoms. The number of benzene rings is 2. The molecule has 0 N–H and O–H groups in total. The summed E-state index contributed by atoms with van der Waals surface area (Å²) in [5.41, 5.74) is 0.623. The highest BCUT2D eigenvalue weighted by Gasteiger charge is 2.23. The van der Waals surface area contributed by atoms with E-state index in [4.69, 9.17) is 11.6 Å². The summed E-state index contributed by atoms with van der Waals surface area (Å²) in [6, 6.07) is 12.1. The van der Waals surface area contributed by atoms with E-state index < -0.39 is 10.0 Å². The predicted octanol–water partition coefficient (Wildman–Crippen LogP) is 4.95. The summed E-state index contributed by atoms with van der Waals surface area (Å²) in [7, 11) is 0.297. The van der Waals surface area contributed by atoms with Crippen molar-refractivity contribution in [2.75, 3.05) is 26.4 Å². The smallest absolute Gasteiger partial charge is 0.269 e. The van der Waals surface area contributed by atoms with Crippen molar-refractivity contribution in [3.05, 3.63) is 58.2 Å². The number of halogens is 2. The van der Waals surface area contributed by atoms with Crippen LogP contribution in [0.25, 0.3) is 10.9 Å². The molecule has 1 aromatic heterocycles. The fraction of sp³-hybridized carbons (Fsp3) is 0.222. The van der Waals surface area contributed by atoms with Gasteiger partial charge in [-0.25, -0.2) is 12.4 Å². The fourth-order valence-corrected chi connectivity index (χ4v) is 6.31. The van der Waals surface area contributed by atoms with E-state index in [1.807, 2.05) is 20.2 Å². The third-order valence-corrected chi connectivity index (χ3v) is 7.81. The summed E-state index contributed by atoms with van der Waals surface area (Å²) in [5, 5.41) is 1.43. The molecule has 0 bridgehead atoms. The van der Waals surface area contributed by atoms with E-state index in [1.165, 1.54) is 3.97 Å². The standard InChI is InChI=1S/C18H18BrClN2O2S2/c1-21(2)9-10-25-17-12-22(16-8-7-13(20)11-14(16)17)26(23,24)18-6-4-3-5-15(18)19/h3-8,11-12H,9-10H2,1-2H3. The summed E-state index contributed by atoms with van der Waals surface area (Å²) in [4.78, 5) is 3.23. The van der Waals surface area contributed by atoms with E-state index in [1.54, 1.807) is 54.4 Å². The third kappa shape index (κ3) is 3.97. The largest absolute Gasteiger partial charge is 0.309 e. The first-order valence-electron chi connectivity index (χ1n) is 7.89. The molecule has 0 amide bonds. The zero-order valence-electron chi connectivity index (χ0n) is 14.3. The number of fused-ring (bicyclic) bond motifs is 1. The molecule has 0 aliphatic heterocycles. The molecular formula is C18H18BrClN2O2S2. The Bertz CT molecular complexity index is 1050. The predicted molar refractivity (Wildman–Crippen MR) is 113 cm³/mol. The van der Waals surface area contributed by atoms with Gasteiger partial charge in [0, 0.05) is 38.3 Å². The van der Waals surface area contributed by atoms with E-state index in [2.05, 4.69) is 20.8 Å². The minimum atomic E-state index is -3.73. The lowest BCUT2D eigenvalue weighted by Crippen LogP contribution is -2.14. The molecule has 0 aliphatic rings. The number of hydrogen-bond donors (Lipinski definition) is 0. The van der Waals surface area contributed by atoms with Gasteiger partial charge in [-0.05, 0) is 60.4 Å². The minimum absolute atomic E-state index is 0.233. The number of thioether (sulfide) groups is 1. The summed E-state index contributed by atoms with van der Waals surface area (Å²) >= 11 is 11.1. The first-order valence-corrected chi connectivity index (χ1v) is 11.5. The van der Waals surface area contributed by atoms with Crippen molar-refractivity contribution in [1.29, 1.82) is 0 Å². The van der Waals surface area contributed by atoms with Gasteiger partial charge in [0.1, 0.15) is 4.90 Å². The molecule has 0 atom stereocenters. The monoisotopic (exact) mass is 472 g/mol. The van der Waals surface area contributed by atoms with Crippen LogP contribution in [0.1, 0.15) is 0 Å². The van der Waals surface area contributed by atoms with E-state index in [-0.39, 0.29) is 4.90 Å². The molecule has 0 spiro atoms. The van der Waals surface area contributed by atoms with Crippen LogP contribution >= 0.6 is 39.3 Å². The van der Waals surface area contributed by atoms with Gasteiger partial charge < -0.3 is 4.90 Å². The highest BCUT2D eigenvalue weighted by Crippen LogP contribution is 2.35. The normalized spacial score (nSPS) is 12.2. The van der Waals surface area contributed by atoms with Crippen LogP contribution in [-0.4, -0.2) is 43.7 Å². The maximum Gasteiger partial charge on any atom is 0.269 e. The molecule has 0 saturated heterocycles. The Balaban J connectivity index is 2.13. The topological polar surface area (TPSA) is 42.3 Å². The van der Waals surface area contributed by atoms with Crippen molar-refractivity contribution in [3.63, 3.8) is 0 Å². The lowest BCUT2D eigenvalue weighted by molar-refractivity contribution is 0.437. The quantitative estimate of drug-likeness (QED) is 0.475. The molecule has 0 radical (unpaired) electrons. The van der Waals surface area contributed by atoms with Crippen LogP contribution in [0.3, 0.4) is 0 Å². The summed E-state index contributed by atoms with van der Waals surface area (Å²) in [6.07, 6.45) is 1.69. The van der Waals surface area contributed by atoms with E-state index in [0.29, 0.717) is 15.0 Å². The Morgan fingerprint density at radius 2 is 1.92 bits per heavy atom. The third-order valence-electron chi connectivity index (χ3n) is 3.87. The molecule has 138 valence electrons. The number of nitrogens with zero attached hydrogens (tertiary/aromatic N) is 2. The Kier molecular flexibility index (Phi) is 6.04. The molecule has 3 rings (SSSR count). The number of rotatable bonds is 6. The van der Waals surface area contributed by atoms with Gasteiger partial charge in [0.25, 0.3) is 10.0 Å². The fourth-order valence-electron chi connectivity index (χ4n) is 2.56. The number of aromatic nitrogens is 1. The van der Waals surface area contributed by atoms with Gasteiger partial charge in [0.15, 0.2) is 0 Å². The zero-order chi connectivity index (χ0) is 18.9. The van der Waals surface area contributed by atoms with Crippen molar-refractivity contribution in [2.24, 2.45) is 0 Å². The van der Waals surface area contributed by atoms with Crippen LogP contribution in [0.2, 0.25) is 5.02 Å². The van der Waals surface area contributed by atoms with Gasteiger partial charge in [-0.2, -0.15) is 0 Å².